The van der Waals surface area contributed by atoms with E-state index in [9.17, 15) is 4.79 Å². The van der Waals surface area contributed by atoms with Crippen molar-refractivity contribution in [2.45, 2.75) is 50.7 Å². The lowest BCUT2D eigenvalue weighted by Gasteiger charge is -2.21. The number of hydrogen-bond donors (Lipinski definition) is 2. The van der Waals surface area contributed by atoms with Crippen LogP contribution in [0.5, 0.6) is 0 Å². The Hall–Kier alpha value is -1.40. The summed E-state index contributed by atoms with van der Waals surface area (Å²) in [7, 11) is 0. The number of amides is 1. The third kappa shape index (κ3) is 4.04. The fraction of sp³-hybridized carbons (Fsp3) is 0.733. The van der Waals surface area contributed by atoms with Gasteiger partial charge >= 0.3 is 0 Å². The van der Waals surface area contributed by atoms with Gasteiger partial charge in [0.1, 0.15) is 6.61 Å². The number of nitrogens with one attached hydrogen (secondary N) is 2. The van der Waals surface area contributed by atoms with E-state index in [0.717, 1.165) is 32.4 Å². The van der Waals surface area contributed by atoms with Crippen LogP contribution in [-0.4, -0.2) is 41.5 Å². The van der Waals surface area contributed by atoms with E-state index >= 15 is 0 Å². The Morgan fingerprint density at radius 2 is 2.24 bits per heavy atom. The molecule has 0 aromatic carbocycles. The SMILES string of the molecule is O=C(COC1CCCCC1)Nc1ccn(C2CCNC2)n1. The van der Waals surface area contributed by atoms with Gasteiger partial charge in [-0.2, -0.15) is 5.10 Å². The Balaban J connectivity index is 1.43. The Labute approximate surface area is 125 Å². The first kappa shape index (κ1) is 14.5. The molecule has 2 N–H and O–H groups in total. The van der Waals surface area contributed by atoms with Crippen LogP contribution in [0.2, 0.25) is 0 Å². The third-order valence-corrected chi connectivity index (χ3v) is 4.29. The highest BCUT2D eigenvalue weighted by molar-refractivity contribution is 5.90. The average Bonchev–Trinajstić information content (AvgIpc) is 3.17. The summed E-state index contributed by atoms with van der Waals surface area (Å²) in [5, 5.41) is 10.5. The van der Waals surface area contributed by atoms with Crippen LogP contribution in [0.15, 0.2) is 12.3 Å². The molecule has 2 heterocycles. The first-order valence-electron chi connectivity index (χ1n) is 7.98. The molecule has 0 radical (unpaired) electrons. The van der Waals surface area contributed by atoms with Gasteiger partial charge in [-0.25, -0.2) is 0 Å². The number of anilines is 1. The molecule has 1 amide bonds. The number of hydrogen-bond acceptors (Lipinski definition) is 4. The zero-order chi connectivity index (χ0) is 14.5. The molecule has 1 saturated heterocycles. The second-order valence-electron chi connectivity index (χ2n) is 5.95. The fourth-order valence-corrected chi connectivity index (χ4v) is 3.08. The van der Waals surface area contributed by atoms with E-state index in [0.29, 0.717) is 11.9 Å². The van der Waals surface area contributed by atoms with Crippen molar-refractivity contribution in [1.82, 2.24) is 15.1 Å². The predicted molar refractivity (Wildman–Crippen MR) is 80.2 cm³/mol. The first-order valence-corrected chi connectivity index (χ1v) is 7.98. The topological polar surface area (TPSA) is 68.2 Å². The Kier molecular flexibility index (Phi) is 4.87. The van der Waals surface area contributed by atoms with Gasteiger partial charge in [-0.3, -0.25) is 9.48 Å². The summed E-state index contributed by atoms with van der Waals surface area (Å²) in [5.74, 6) is 0.495. The average molecular weight is 292 g/mol. The number of rotatable bonds is 5. The summed E-state index contributed by atoms with van der Waals surface area (Å²) in [4.78, 5) is 11.9. The molecule has 1 aromatic heterocycles. The van der Waals surface area contributed by atoms with Crippen molar-refractivity contribution in [2.75, 3.05) is 25.0 Å². The van der Waals surface area contributed by atoms with Crippen molar-refractivity contribution in [1.29, 1.82) is 0 Å². The van der Waals surface area contributed by atoms with Crippen LogP contribution in [0.25, 0.3) is 0 Å². The summed E-state index contributed by atoms with van der Waals surface area (Å²) in [5.41, 5.74) is 0. The molecule has 21 heavy (non-hydrogen) atoms. The molecule has 1 aliphatic heterocycles. The lowest BCUT2D eigenvalue weighted by molar-refractivity contribution is -0.123. The molecule has 1 aromatic rings. The monoisotopic (exact) mass is 292 g/mol. The van der Waals surface area contributed by atoms with E-state index in [1.54, 1.807) is 0 Å². The van der Waals surface area contributed by atoms with E-state index in [-0.39, 0.29) is 18.6 Å². The highest BCUT2D eigenvalue weighted by Crippen LogP contribution is 2.20. The molecule has 2 aliphatic rings. The molecule has 1 aliphatic carbocycles. The van der Waals surface area contributed by atoms with Crippen molar-refractivity contribution in [3.8, 4) is 0 Å². The van der Waals surface area contributed by atoms with Crippen LogP contribution in [0.4, 0.5) is 5.82 Å². The number of aromatic nitrogens is 2. The fourth-order valence-electron chi connectivity index (χ4n) is 3.08. The van der Waals surface area contributed by atoms with Gasteiger partial charge in [0, 0.05) is 18.8 Å². The third-order valence-electron chi connectivity index (χ3n) is 4.29. The molecule has 6 nitrogen and oxygen atoms in total. The lowest BCUT2D eigenvalue weighted by Crippen LogP contribution is -2.25. The summed E-state index contributed by atoms with van der Waals surface area (Å²) in [6.45, 7) is 2.10. The maximum Gasteiger partial charge on any atom is 0.251 e. The van der Waals surface area contributed by atoms with Crippen LogP contribution in [-0.2, 0) is 9.53 Å². The van der Waals surface area contributed by atoms with Crippen LogP contribution in [0, 0.1) is 0 Å². The normalized spacial score (nSPS) is 23.3. The lowest BCUT2D eigenvalue weighted by atomic mass is 9.98. The highest BCUT2D eigenvalue weighted by atomic mass is 16.5. The molecule has 3 rings (SSSR count). The Morgan fingerprint density at radius 3 is 3.00 bits per heavy atom. The molecule has 2 fully saturated rings. The van der Waals surface area contributed by atoms with Crippen molar-refractivity contribution >= 4 is 11.7 Å². The second-order valence-corrected chi connectivity index (χ2v) is 5.95. The van der Waals surface area contributed by atoms with Gasteiger partial charge in [0.05, 0.1) is 12.1 Å². The number of carbonyl (C=O) groups is 1. The minimum atomic E-state index is -0.115. The van der Waals surface area contributed by atoms with E-state index in [2.05, 4.69) is 15.7 Å². The highest BCUT2D eigenvalue weighted by Gasteiger charge is 2.18. The molecule has 1 unspecified atom stereocenters. The van der Waals surface area contributed by atoms with E-state index in [1.807, 2.05) is 16.9 Å². The first-order chi connectivity index (χ1) is 10.3. The summed E-state index contributed by atoms with van der Waals surface area (Å²) < 4.78 is 7.60. The molecular weight excluding hydrogens is 268 g/mol. The van der Waals surface area contributed by atoms with E-state index < -0.39 is 0 Å². The zero-order valence-corrected chi connectivity index (χ0v) is 12.4. The number of nitrogens with zero attached hydrogens (tertiary/aromatic N) is 2. The summed E-state index contributed by atoms with van der Waals surface area (Å²) >= 11 is 0. The Morgan fingerprint density at radius 1 is 1.38 bits per heavy atom. The van der Waals surface area contributed by atoms with Crippen molar-refractivity contribution in [3.63, 3.8) is 0 Å². The molecule has 0 spiro atoms. The van der Waals surface area contributed by atoms with Gasteiger partial charge in [0.25, 0.3) is 5.91 Å². The number of carbonyl (C=O) groups excluding carboxylic acids is 1. The standard InChI is InChI=1S/C15H24N4O2/c20-15(11-21-13-4-2-1-3-5-13)17-14-7-9-19(18-14)12-6-8-16-10-12/h7,9,12-13,16H,1-6,8,10-11H2,(H,17,18,20). The minimum Gasteiger partial charge on any atom is -0.368 e. The molecule has 0 bridgehead atoms. The van der Waals surface area contributed by atoms with Gasteiger partial charge in [-0.05, 0) is 25.8 Å². The quantitative estimate of drug-likeness (QED) is 0.867. The maximum absolute atomic E-state index is 11.9. The van der Waals surface area contributed by atoms with Crippen LogP contribution < -0.4 is 10.6 Å². The molecule has 6 heteroatoms. The molecule has 1 atom stereocenters. The second kappa shape index (κ2) is 7.04. The van der Waals surface area contributed by atoms with Crippen LogP contribution >= 0.6 is 0 Å². The molecular formula is C15H24N4O2. The van der Waals surface area contributed by atoms with Gasteiger partial charge in [-0.15, -0.1) is 0 Å². The number of ether oxygens (including phenoxy) is 1. The van der Waals surface area contributed by atoms with Gasteiger partial charge in [0.2, 0.25) is 0 Å². The maximum atomic E-state index is 11.9. The molecule has 1 saturated carbocycles. The smallest absolute Gasteiger partial charge is 0.251 e. The van der Waals surface area contributed by atoms with Gasteiger partial charge < -0.3 is 15.4 Å². The largest absolute Gasteiger partial charge is 0.368 e. The summed E-state index contributed by atoms with van der Waals surface area (Å²) in [6, 6.07) is 2.24. The van der Waals surface area contributed by atoms with Crippen LogP contribution in [0.1, 0.15) is 44.6 Å². The van der Waals surface area contributed by atoms with Gasteiger partial charge in [-0.1, -0.05) is 19.3 Å². The van der Waals surface area contributed by atoms with Crippen molar-refractivity contribution < 1.29 is 9.53 Å². The van der Waals surface area contributed by atoms with Gasteiger partial charge in [0.15, 0.2) is 5.82 Å². The van der Waals surface area contributed by atoms with E-state index in [1.165, 1.54) is 19.3 Å². The Bertz CT molecular complexity index is 462. The van der Waals surface area contributed by atoms with Crippen molar-refractivity contribution in [2.24, 2.45) is 0 Å². The van der Waals surface area contributed by atoms with Crippen molar-refractivity contribution in [3.05, 3.63) is 12.3 Å². The van der Waals surface area contributed by atoms with E-state index in [4.69, 9.17) is 4.74 Å². The predicted octanol–water partition coefficient (Wildman–Crippen LogP) is 1.71. The zero-order valence-electron chi connectivity index (χ0n) is 12.4. The molecule has 116 valence electrons. The minimum absolute atomic E-state index is 0.115. The van der Waals surface area contributed by atoms with Crippen LogP contribution in [0.3, 0.4) is 0 Å². The summed E-state index contributed by atoms with van der Waals surface area (Å²) in [6.07, 6.45) is 9.15.